The summed E-state index contributed by atoms with van der Waals surface area (Å²) in [6, 6.07) is 0. The summed E-state index contributed by atoms with van der Waals surface area (Å²) in [6.07, 6.45) is 1.80. The molecule has 0 aliphatic carbocycles. The van der Waals surface area contributed by atoms with Gasteiger partial charge in [-0.05, 0) is 6.92 Å². The van der Waals surface area contributed by atoms with Crippen LogP contribution in [0, 0.1) is 0 Å². The summed E-state index contributed by atoms with van der Waals surface area (Å²) >= 11 is 1.58. The fourth-order valence-corrected chi connectivity index (χ4v) is 2.11. The van der Waals surface area contributed by atoms with Crippen LogP contribution < -0.4 is 15.0 Å². The molecule has 1 saturated heterocycles. The molecule has 4 nitrogen and oxygen atoms in total. The van der Waals surface area contributed by atoms with Crippen molar-refractivity contribution >= 4 is 16.5 Å². The van der Waals surface area contributed by atoms with Crippen LogP contribution in [0.2, 0.25) is 0 Å². The van der Waals surface area contributed by atoms with Crippen molar-refractivity contribution in [3.8, 4) is 5.06 Å². The zero-order chi connectivity index (χ0) is 10.2. The highest BCUT2D eigenvalue weighted by Crippen LogP contribution is 2.31. The molecule has 2 heterocycles. The topological polar surface area (TPSA) is 37.4 Å². The fraction of sp³-hybridized carbons (Fsp3) is 0.667. The number of anilines is 1. The van der Waals surface area contributed by atoms with Crippen LogP contribution in [0.25, 0.3) is 0 Å². The number of nitrogens with zero attached hydrogens (tertiary/aromatic N) is 2. The maximum absolute atomic E-state index is 5.84. The molecule has 78 valence electrons. The molecule has 0 bridgehead atoms. The molecule has 1 fully saturated rings. The SMILES string of the molecule is CN(C)c1ncc(OC2(C)CNC2)s1. The van der Waals surface area contributed by atoms with E-state index in [2.05, 4.69) is 17.2 Å². The average Bonchev–Trinajstić information content (AvgIpc) is 2.50. The Kier molecular flexibility index (Phi) is 2.36. The van der Waals surface area contributed by atoms with Crippen LogP contribution in [0.15, 0.2) is 6.20 Å². The van der Waals surface area contributed by atoms with Crippen molar-refractivity contribution in [2.45, 2.75) is 12.5 Å². The second kappa shape index (κ2) is 3.40. The Hall–Kier alpha value is -0.810. The van der Waals surface area contributed by atoms with Gasteiger partial charge in [0.25, 0.3) is 0 Å². The molecule has 1 N–H and O–H groups in total. The highest BCUT2D eigenvalue weighted by Gasteiger charge is 2.34. The molecule has 0 radical (unpaired) electrons. The molecule has 14 heavy (non-hydrogen) atoms. The van der Waals surface area contributed by atoms with E-state index in [-0.39, 0.29) is 5.60 Å². The summed E-state index contributed by atoms with van der Waals surface area (Å²) in [5.41, 5.74) is -0.0316. The van der Waals surface area contributed by atoms with Crippen molar-refractivity contribution in [1.29, 1.82) is 0 Å². The summed E-state index contributed by atoms with van der Waals surface area (Å²) < 4.78 is 5.84. The van der Waals surface area contributed by atoms with E-state index in [1.165, 1.54) is 0 Å². The van der Waals surface area contributed by atoms with Gasteiger partial charge < -0.3 is 15.0 Å². The molecule has 0 aromatic carbocycles. The van der Waals surface area contributed by atoms with E-state index < -0.39 is 0 Å². The van der Waals surface area contributed by atoms with E-state index in [1.807, 2.05) is 19.0 Å². The zero-order valence-corrected chi connectivity index (χ0v) is 9.52. The largest absolute Gasteiger partial charge is 0.474 e. The van der Waals surface area contributed by atoms with Crippen LogP contribution in [0.4, 0.5) is 5.13 Å². The Morgan fingerprint density at radius 2 is 2.29 bits per heavy atom. The maximum Gasteiger partial charge on any atom is 0.196 e. The number of rotatable bonds is 3. The van der Waals surface area contributed by atoms with Crippen molar-refractivity contribution in [3.63, 3.8) is 0 Å². The Morgan fingerprint density at radius 3 is 2.71 bits per heavy atom. The van der Waals surface area contributed by atoms with Gasteiger partial charge >= 0.3 is 0 Å². The van der Waals surface area contributed by atoms with E-state index in [9.17, 15) is 0 Å². The van der Waals surface area contributed by atoms with Crippen molar-refractivity contribution < 1.29 is 4.74 Å². The lowest BCUT2D eigenvalue weighted by Crippen LogP contribution is -2.60. The first-order valence-electron chi connectivity index (χ1n) is 4.62. The number of nitrogens with one attached hydrogen (secondary N) is 1. The second-order valence-corrected chi connectivity index (χ2v) is 4.98. The van der Waals surface area contributed by atoms with Crippen LogP contribution in [-0.4, -0.2) is 37.8 Å². The van der Waals surface area contributed by atoms with Crippen molar-refractivity contribution in [3.05, 3.63) is 6.20 Å². The molecule has 2 rings (SSSR count). The third kappa shape index (κ3) is 1.83. The Balaban J connectivity index is 2.02. The van der Waals surface area contributed by atoms with Crippen molar-refractivity contribution in [2.24, 2.45) is 0 Å². The minimum absolute atomic E-state index is 0.0316. The first-order valence-corrected chi connectivity index (χ1v) is 5.44. The zero-order valence-electron chi connectivity index (χ0n) is 8.70. The van der Waals surface area contributed by atoms with Gasteiger partial charge in [-0.2, -0.15) is 0 Å². The predicted molar refractivity (Wildman–Crippen MR) is 58.3 cm³/mol. The second-order valence-electron chi connectivity index (χ2n) is 4.01. The third-order valence-corrected chi connectivity index (χ3v) is 3.24. The van der Waals surface area contributed by atoms with E-state index in [4.69, 9.17) is 4.74 Å². The number of hydrogen-bond donors (Lipinski definition) is 1. The number of ether oxygens (including phenoxy) is 1. The number of hydrogen-bond acceptors (Lipinski definition) is 5. The summed E-state index contributed by atoms with van der Waals surface area (Å²) in [5, 5.41) is 5.08. The van der Waals surface area contributed by atoms with Crippen molar-refractivity contribution in [1.82, 2.24) is 10.3 Å². The summed E-state index contributed by atoms with van der Waals surface area (Å²) in [7, 11) is 3.96. The van der Waals surface area contributed by atoms with Gasteiger partial charge in [-0.3, -0.25) is 0 Å². The average molecular weight is 213 g/mol. The molecule has 0 spiro atoms. The predicted octanol–water partition coefficient (Wildman–Crippen LogP) is 0.950. The van der Waals surface area contributed by atoms with Crippen LogP contribution in [-0.2, 0) is 0 Å². The Labute approximate surface area is 87.9 Å². The quantitative estimate of drug-likeness (QED) is 0.811. The van der Waals surface area contributed by atoms with E-state index in [0.717, 1.165) is 23.3 Å². The van der Waals surface area contributed by atoms with Gasteiger partial charge in [0, 0.05) is 27.2 Å². The van der Waals surface area contributed by atoms with E-state index in [1.54, 1.807) is 17.5 Å². The normalized spacial score (nSPS) is 18.8. The molecule has 0 atom stereocenters. The van der Waals surface area contributed by atoms with Gasteiger partial charge in [0.1, 0.15) is 5.60 Å². The van der Waals surface area contributed by atoms with Crippen LogP contribution in [0.1, 0.15) is 6.92 Å². The minimum atomic E-state index is -0.0316. The lowest BCUT2D eigenvalue weighted by Gasteiger charge is -2.38. The molecule has 5 heteroatoms. The van der Waals surface area contributed by atoms with Crippen LogP contribution >= 0.6 is 11.3 Å². The molecule has 1 aliphatic rings. The van der Waals surface area contributed by atoms with Crippen LogP contribution in [0.5, 0.6) is 5.06 Å². The highest BCUT2D eigenvalue weighted by molar-refractivity contribution is 7.17. The van der Waals surface area contributed by atoms with Gasteiger partial charge in [-0.1, -0.05) is 11.3 Å². The molecular weight excluding hydrogens is 198 g/mol. The first kappa shape index (κ1) is 9.73. The Bertz CT molecular complexity index is 320. The standard InChI is InChI=1S/C9H15N3OS/c1-9(5-10-6-9)13-7-4-11-8(14-7)12(2)3/h4,10H,5-6H2,1-3H3. The minimum Gasteiger partial charge on any atom is -0.474 e. The lowest BCUT2D eigenvalue weighted by atomic mass is 10.0. The maximum atomic E-state index is 5.84. The van der Waals surface area contributed by atoms with Gasteiger partial charge in [-0.25, -0.2) is 4.98 Å². The lowest BCUT2D eigenvalue weighted by molar-refractivity contribution is 0.0384. The molecule has 0 saturated carbocycles. The molecule has 0 amide bonds. The van der Waals surface area contributed by atoms with E-state index in [0.29, 0.717) is 0 Å². The molecule has 1 aromatic rings. The summed E-state index contributed by atoms with van der Waals surface area (Å²) in [5.74, 6) is 0. The van der Waals surface area contributed by atoms with Crippen molar-refractivity contribution in [2.75, 3.05) is 32.1 Å². The third-order valence-electron chi connectivity index (χ3n) is 2.20. The summed E-state index contributed by atoms with van der Waals surface area (Å²) in [6.45, 7) is 3.95. The Morgan fingerprint density at radius 1 is 1.57 bits per heavy atom. The van der Waals surface area contributed by atoms with Gasteiger partial charge in [-0.15, -0.1) is 0 Å². The summed E-state index contributed by atoms with van der Waals surface area (Å²) in [4.78, 5) is 6.24. The van der Waals surface area contributed by atoms with E-state index >= 15 is 0 Å². The molecule has 1 aliphatic heterocycles. The highest BCUT2D eigenvalue weighted by atomic mass is 32.1. The smallest absolute Gasteiger partial charge is 0.196 e. The van der Waals surface area contributed by atoms with Gasteiger partial charge in [0.05, 0.1) is 6.20 Å². The van der Waals surface area contributed by atoms with Gasteiger partial charge in [0.2, 0.25) is 0 Å². The van der Waals surface area contributed by atoms with Crippen LogP contribution in [0.3, 0.4) is 0 Å². The molecule has 0 unspecified atom stereocenters. The first-order chi connectivity index (χ1) is 6.59. The number of aromatic nitrogens is 1. The number of thiazole rings is 1. The molecule has 1 aromatic heterocycles. The monoisotopic (exact) mass is 213 g/mol. The molecular formula is C9H15N3OS. The van der Waals surface area contributed by atoms with Gasteiger partial charge in [0.15, 0.2) is 10.2 Å². The fourth-order valence-electron chi connectivity index (χ4n) is 1.30.